The number of aromatic nitrogens is 1. The Morgan fingerprint density at radius 1 is 1.36 bits per heavy atom. The molecule has 1 heterocycles. The van der Waals surface area contributed by atoms with Crippen LogP contribution in [0.1, 0.15) is 31.2 Å². The molecule has 2 aromatic rings. The van der Waals surface area contributed by atoms with Gasteiger partial charge in [-0.3, -0.25) is 4.79 Å². The summed E-state index contributed by atoms with van der Waals surface area (Å²) in [5.74, 6) is 0.455. The number of hydrogen-bond donors (Lipinski definition) is 2. The minimum absolute atomic E-state index is 0.0424. The first-order chi connectivity index (χ1) is 10.6. The zero-order valence-electron chi connectivity index (χ0n) is 13.1. The zero-order chi connectivity index (χ0) is 15.5. The average molecular weight is 300 g/mol. The number of hydrogen-bond acceptors (Lipinski definition) is 2. The van der Waals surface area contributed by atoms with Crippen molar-refractivity contribution in [2.24, 2.45) is 5.92 Å². The Morgan fingerprint density at radius 3 is 3.00 bits per heavy atom. The molecule has 118 valence electrons. The number of amides is 1. The van der Waals surface area contributed by atoms with Crippen LogP contribution >= 0.6 is 0 Å². The molecule has 2 atom stereocenters. The molecule has 1 aliphatic rings. The molecule has 0 bridgehead atoms. The second-order valence-corrected chi connectivity index (χ2v) is 6.45. The highest BCUT2D eigenvalue weighted by Crippen LogP contribution is 2.23. The van der Waals surface area contributed by atoms with E-state index in [-0.39, 0.29) is 12.0 Å². The van der Waals surface area contributed by atoms with Crippen LogP contribution in [-0.2, 0) is 11.3 Å². The summed E-state index contributed by atoms with van der Waals surface area (Å²) >= 11 is 0. The molecule has 1 aromatic carbocycles. The number of para-hydroxylation sites is 1. The van der Waals surface area contributed by atoms with E-state index in [4.69, 9.17) is 0 Å². The molecule has 4 heteroatoms. The van der Waals surface area contributed by atoms with Gasteiger partial charge in [0, 0.05) is 23.6 Å². The lowest BCUT2D eigenvalue weighted by Crippen LogP contribution is -2.34. The highest BCUT2D eigenvalue weighted by atomic mass is 16.3. The van der Waals surface area contributed by atoms with Crippen LogP contribution in [0.2, 0.25) is 0 Å². The van der Waals surface area contributed by atoms with Crippen LogP contribution in [0.15, 0.2) is 30.5 Å². The molecule has 1 amide bonds. The lowest BCUT2D eigenvalue weighted by atomic mass is 9.87. The summed E-state index contributed by atoms with van der Waals surface area (Å²) in [7, 11) is 0. The van der Waals surface area contributed by atoms with Crippen molar-refractivity contribution in [1.82, 2.24) is 9.88 Å². The molecule has 1 fully saturated rings. The van der Waals surface area contributed by atoms with Gasteiger partial charge in [0.2, 0.25) is 5.91 Å². The van der Waals surface area contributed by atoms with Gasteiger partial charge in [-0.1, -0.05) is 24.6 Å². The Labute approximate surface area is 131 Å². The second kappa shape index (κ2) is 6.53. The van der Waals surface area contributed by atoms with Crippen LogP contribution in [-0.4, -0.2) is 28.2 Å². The van der Waals surface area contributed by atoms with E-state index in [0.717, 1.165) is 31.2 Å². The van der Waals surface area contributed by atoms with Crippen molar-refractivity contribution in [1.29, 1.82) is 0 Å². The van der Waals surface area contributed by atoms with Crippen molar-refractivity contribution in [2.45, 2.75) is 45.3 Å². The van der Waals surface area contributed by atoms with Gasteiger partial charge in [0.15, 0.2) is 0 Å². The number of carbonyl (C=O) groups excluding carboxylic acids is 1. The van der Waals surface area contributed by atoms with Crippen molar-refractivity contribution in [3.8, 4) is 0 Å². The van der Waals surface area contributed by atoms with E-state index in [0.29, 0.717) is 19.0 Å². The van der Waals surface area contributed by atoms with Crippen LogP contribution in [0.4, 0.5) is 0 Å². The third kappa shape index (κ3) is 3.33. The van der Waals surface area contributed by atoms with E-state index in [9.17, 15) is 9.90 Å². The third-order valence-electron chi connectivity index (χ3n) is 4.64. The molecule has 1 aliphatic carbocycles. The van der Waals surface area contributed by atoms with Crippen molar-refractivity contribution in [2.75, 3.05) is 6.54 Å². The first kappa shape index (κ1) is 15.1. The van der Waals surface area contributed by atoms with Gasteiger partial charge in [-0.05, 0) is 43.7 Å². The van der Waals surface area contributed by atoms with E-state index in [2.05, 4.69) is 18.3 Å². The SMILES string of the molecule is Cc1cn(CC(=O)NCC2CCCC(O)C2)c2ccccc12. The lowest BCUT2D eigenvalue weighted by Gasteiger charge is -2.25. The van der Waals surface area contributed by atoms with E-state index in [1.165, 1.54) is 10.9 Å². The molecule has 0 radical (unpaired) electrons. The van der Waals surface area contributed by atoms with Crippen LogP contribution in [0, 0.1) is 12.8 Å². The maximum absolute atomic E-state index is 12.2. The highest BCUT2D eigenvalue weighted by Gasteiger charge is 2.20. The van der Waals surface area contributed by atoms with E-state index in [1.807, 2.05) is 29.0 Å². The Morgan fingerprint density at radius 2 is 2.18 bits per heavy atom. The Hall–Kier alpha value is -1.81. The van der Waals surface area contributed by atoms with Gasteiger partial charge >= 0.3 is 0 Å². The topological polar surface area (TPSA) is 54.3 Å². The standard InChI is InChI=1S/C18H24N2O2/c1-13-11-20(17-8-3-2-7-16(13)17)12-18(22)19-10-14-5-4-6-15(21)9-14/h2-3,7-8,11,14-15,21H,4-6,9-10,12H2,1H3,(H,19,22). The molecule has 1 aromatic heterocycles. The predicted octanol–water partition coefficient (Wildman–Crippen LogP) is 2.62. The first-order valence-electron chi connectivity index (χ1n) is 8.12. The molecular formula is C18H24N2O2. The van der Waals surface area contributed by atoms with Gasteiger partial charge < -0.3 is 15.0 Å². The van der Waals surface area contributed by atoms with E-state index >= 15 is 0 Å². The first-order valence-corrected chi connectivity index (χ1v) is 8.12. The number of aliphatic hydroxyl groups is 1. The molecule has 0 aliphatic heterocycles. The largest absolute Gasteiger partial charge is 0.393 e. The molecular weight excluding hydrogens is 276 g/mol. The maximum atomic E-state index is 12.2. The summed E-state index contributed by atoms with van der Waals surface area (Å²) in [6.07, 6.45) is 5.72. The minimum atomic E-state index is -0.188. The maximum Gasteiger partial charge on any atom is 0.239 e. The van der Waals surface area contributed by atoms with Gasteiger partial charge in [-0.15, -0.1) is 0 Å². The Kier molecular flexibility index (Phi) is 4.48. The van der Waals surface area contributed by atoms with Crippen LogP contribution in [0.3, 0.4) is 0 Å². The fraction of sp³-hybridized carbons (Fsp3) is 0.500. The molecule has 4 nitrogen and oxygen atoms in total. The van der Waals surface area contributed by atoms with Gasteiger partial charge in [0.05, 0.1) is 6.10 Å². The normalized spacial score (nSPS) is 21.9. The average Bonchev–Trinajstić information content (AvgIpc) is 2.82. The van der Waals surface area contributed by atoms with Crippen LogP contribution in [0.25, 0.3) is 10.9 Å². The number of aryl methyl sites for hydroxylation is 1. The Balaban J connectivity index is 1.59. The zero-order valence-corrected chi connectivity index (χ0v) is 13.1. The molecule has 2 N–H and O–H groups in total. The minimum Gasteiger partial charge on any atom is -0.393 e. The van der Waals surface area contributed by atoms with E-state index in [1.54, 1.807) is 0 Å². The predicted molar refractivity (Wildman–Crippen MR) is 87.6 cm³/mol. The molecule has 3 rings (SSSR count). The number of nitrogens with one attached hydrogen (secondary N) is 1. The number of carbonyl (C=O) groups is 1. The fourth-order valence-corrected chi connectivity index (χ4v) is 3.48. The third-order valence-corrected chi connectivity index (χ3v) is 4.64. The van der Waals surface area contributed by atoms with E-state index < -0.39 is 0 Å². The van der Waals surface area contributed by atoms with Crippen molar-refractivity contribution in [3.63, 3.8) is 0 Å². The van der Waals surface area contributed by atoms with Crippen molar-refractivity contribution >= 4 is 16.8 Å². The Bertz CT molecular complexity index is 662. The summed E-state index contributed by atoms with van der Waals surface area (Å²) in [6.45, 7) is 3.10. The number of nitrogens with zero attached hydrogens (tertiary/aromatic N) is 1. The van der Waals surface area contributed by atoms with Crippen molar-refractivity contribution < 1.29 is 9.90 Å². The monoisotopic (exact) mass is 300 g/mol. The summed E-state index contributed by atoms with van der Waals surface area (Å²) < 4.78 is 2.01. The number of benzene rings is 1. The van der Waals surface area contributed by atoms with Gasteiger partial charge in [-0.2, -0.15) is 0 Å². The van der Waals surface area contributed by atoms with Crippen LogP contribution < -0.4 is 5.32 Å². The molecule has 0 spiro atoms. The molecule has 22 heavy (non-hydrogen) atoms. The van der Waals surface area contributed by atoms with Gasteiger partial charge in [0.25, 0.3) is 0 Å². The lowest BCUT2D eigenvalue weighted by molar-refractivity contribution is -0.121. The summed E-state index contributed by atoms with van der Waals surface area (Å²) in [4.78, 5) is 12.2. The number of aliphatic hydroxyl groups excluding tert-OH is 1. The molecule has 2 unspecified atom stereocenters. The quantitative estimate of drug-likeness (QED) is 0.912. The number of fused-ring (bicyclic) bond motifs is 1. The highest BCUT2D eigenvalue weighted by molar-refractivity contribution is 5.85. The summed E-state index contributed by atoms with van der Waals surface area (Å²) in [5, 5.41) is 13.9. The summed E-state index contributed by atoms with van der Waals surface area (Å²) in [5.41, 5.74) is 2.29. The number of rotatable bonds is 4. The molecule has 1 saturated carbocycles. The van der Waals surface area contributed by atoms with Crippen molar-refractivity contribution in [3.05, 3.63) is 36.0 Å². The van der Waals surface area contributed by atoms with Gasteiger partial charge in [0.1, 0.15) is 6.54 Å². The smallest absolute Gasteiger partial charge is 0.239 e. The summed E-state index contributed by atoms with van der Waals surface area (Å²) in [6, 6.07) is 8.16. The fourth-order valence-electron chi connectivity index (χ4n) is 3.48. The molecule has 0 saturated heterocycles. The van der Waals surface area contributed by atoms with Gasteiger partial charge in [-0.25, -0.2) is 0 Å². The second-order valence-electron chi connectivity index (χ2n) is 6.45. The van der Waals surface area contributed by atoms with Crippen LogP contribution in [0.5, 0.6) is 0 Å².